The fourth-order valence-corrected chi connectivity index (χ4v) is 2.22. The fraction of sp³-hybridized carbons (Fsp3) is 0.231. The lowest BCUT2D eigenvalue weighted by molar-refractivity contribution is 0.111. The standard InChI is InChI=1S/C13H13BrN2O3/c1-18-10-4-3-9(5-11(10)19-2)6-16-7-12(14)15-13(16)8-17/h3-5,7-8H,6H2,1-2H3. The van der Waals surface area contributed by atoms with Gasteiger partial charge in [0.15, 0.2) is 23.6 Å². The molecule has 0 amide bonds. The molecule has 0 radical (unpaired) electrons. The van der Waals surface area contributed by atoms with Crippen LogP contribution in [0.5, 0.6) is 11.5 Å². The highest BCUT2D eigenvalue weighted by Crippen LogP contribution is 2.28. The number of halogens is 1. The van der Waals surface area contributed by atoms with Crippen LogP contribution >= 0.6 is 15.9 Å². The third-order valence-corrected chi connectivity index (χ3v) is 3.07. The highest BCUT2D eigenvalue weighted by atomic mass is 79.9. The lowest BCUT2D eigenvalue weighted by atomic mass is 10.2. The SMILES string of the molecule is COc1ccc(Cn2cc(Br)nc2C=O)cc1OC. The lowest BCUT2D eigenvalue weighted by Crippen LogP contribution is -2.03. The van der Waals surface area contributed by atoms with E-state index in [1.165, 1.54) is 0 Å². The predicted octanol–water partition coefficient (Wildman–Crippen LogP) is 2.52. The molecular weight excluding hydrogens is 312 g/mol. The molecule has 0 aliphatic carbocycles. The molecule has 5 nitrogen and oxygen atoms in total. The first kappa shape index (κ1) is 13.6. The summed E-state index contributed by atoms with van der Waals surface area (Å²) >= 11 is 3.25. The number of carbonyl (C=O) groups is 1. The zero-order chi connectivity index (χ0) is 13.8. The summed E-state index contributed by atoms with van der Waals surface area (Å²) < 4.78 is 12.8. The monoisotopic (exact) mass is 324 g/mol. The first-order valence-corrected chi connectivity index (χ1v) is 6.36. The van der Waals surface area contributed by atoms with Crippen LogP contribution in [0.2, 0.25) is 0 Å². The van der Waals surface area contributed by atoms with E-state index in [4.69, 9.17) is 9.47 Å². The molecule has 0 N–H and O–H groups in total. The number of hydrogen-bond donors (Lipinski definition) is 0. The predicted molar refractivity (Wildman–Crippen MR) is 74.0 cm³/mol. The van der Waals surface area contributed by atoms with E-state index < -0.39 is 0 Å². The number of aldehydes is 1. The minimum absolute atomic E-state index is 0.377. The van der Waals surface area contributed by atoms with Crippen LogP contribution < -0.4 is 9.47 Å². The van der Waals surface area contributed by atoms with E-state index >= 15 is 0 Å². The number of hydrogen-bond acceptors (Lipinski definition) is 4. The van der Waals surface area contributed by atoms with E-state index in [0.29, 0.717) is 28.5 Å². The summed E-state index contributed by atoms with van der Waals surface area (Å²) in [6.45, 7) is 0.535. The Morgan fingerprint density at radius 3 is 2.68 bits per heavy atom. The highest BCUT2D eigenvalue weighted by molar-refractivity contribution is 9.10. The average molecular weight is 325 g/mol. The maximum absolute atomic E-state index is 10.9. The Balaban J connectivity index is 2.30. The van der Waals surface area contributed by atoms with Crippen molar-refractivity contribution in [2.45, 2.75) is 6.54 Å². The van der Waals surface area contributed by atoms with Crippen molar-refractivity contribution in [2.24, 2.45) is 0 Å². The van der Waals surface area contributed by atoms with E-state index in [1.807, 2.05) is 18.2 Å². The topological polar surface area (TPSA) is 53.4 Å². The number of methoxy groups -OCH3 is 2. The van der Waals surface area contributed by atoms with Crippen LogP contribution in [0.1, 0.15) is 16.2 Å². The van der Waals surface area contributed by atoms with Gasteiger partial charge in [-0.15, -0.1) is 0 Å². The minimum Gasteiger partial charge on any atom is -0.493 e. The molecule has 1 aromatic heterocycles. The second-order valence-electron chi connectivity index (χ2n) is 3.86. The summed E-state index contributed by atoms with van der Waals surface area (Å²) in [5.74, 6) is 1.71. The first-order valence-electron chi connectivity index (χ1n) is 5.56. The highest BCUT2D eigenvalue weighted by Gasteiger charge is 2.08. The molecule has 6 heteroatoms. The molecular formula is C13H13BrN2O3. The van der Waals surface area contributed by atoms with Gasteiger partial charge in [0.05, 0.1) is 14.2 Å². The van der Waals surface area contributed by atoms with E-state index in [-0.39, 0.29) is 0 Å². The fourth-order valence-electron chi connectivity index (χ4n) is 1.79. The minimum atomic E-state index is 0.377. The van der Waals surface area contributed by atoms with Crippen LogP contribution in [-0.4, -0.2) is 30.1 Å². The number of ether oxygens (including phenoxy) is 2. The summed E-state index contributed by atoms with van der Waals surface area (Å²) in [6.07, 6.45) is 2.49. The number of carbonyl (C=O) groups excluding carboxylic acids is 1. The second-order valence-corrected chi connectivity index (χ2v) is 4.67. The van der Waals surface area contributed by atoms with E-state index in [1.54, 1.807) is 25.0 Å². The molecule has 2 aromatic rings. The number of nitrogens with zero attached hydrogens (tertiary/aromatic N) is 2. The van der Waals surface area contributed by atoms with Crippen molar-refractivity contribution in [2.75, 3.05) is 14.2 Å². The van der Waals surface area contributed by atoms with Gasteiger partial charge in [0, 0.05) is 12.7 Å². The number of rotatable bonds is 5. The summed E-state index contributed by atoms with van der Waals surface area (Å²) in [5, 5.41) is 0. The number of imidazole rings is 1. The third-order valence-electron chi connectivity index (χ3n) is 2.68. The molecule has 1 heterocycles. The quantitative estimate of drug-likeness (QED) is 0.793. The zero-order valence-corrected chi connectivity index (χ0v) is 12.2. The van der Waals surface area contributed by atoms with Crippen LogP contribution in [0.15, 0.2) is 29.0 Å². The van der Waals surface area contributed by atoms with Gasteiger partial charge in [0.2, 0.25) is 0 Å². The molecule has 1 aromatic carbocycles. The Kier molecular flexibility index (Phi) is 4.21. The van der Waals surface area contributed by atoms with E-state index in [2.05, 4.69) is 20.9 Å². The maximum Gasteiger partial charge on any atom is 0.185 e. The average Bonchev–Trinajstić information content (AvgIpc) is 2.78. The summed E-state index contributed by atoms with van der Waals surface area (Å²) in [7, 11) is 3.18. The molecule has 0 spiro atoms. The Morgan fingerprint density at radius 2 is 2.05 bits per heavy atom. The van der Waals surface area contributed by atoms with Crippen molar-refractivity contribution in [1.29, 1.82) is 0 Å². The van der Waals surface area contributed by atoms with Gasteiger partial charge in [0.25, 0.3) is 0 Å². The number of aromatic nitrogens is 2. The van der Waals surface area contributed by atoms with E-state index in [9.17, 15) is 4.79 Å². The van der Waals surface area contributed by atoms with Gasteiger partial charge in [-0.05, 0) is 33.6 Å². The molecule has 0 saturated carbocycles. The summed E-state index contributed by atoms with van der Waals surface area (Å²) in [4.78, 5) is 15.0. The molecule has 0 aliphatic rings. The van der Waals surface area contributed by atoms with Crippen molar-refractivity contribution in [3.63, 3.8) is 0 Å². The van der Waals surface area contributed by atoms with Crippen LogP contribution in [0.25, 0.3) is 0 Å². The molecule has 0 atom stereocenters. The third kappa shape index (κ3) is 2.96. The van der Waals surface area contributed by atoms with Crippen LogP contribution in [-0.2, 0) is 6.54 Å². The van der Waals surface area contributed by atoms with Gasteiger partial charge in [0.1, 0.15) is 4.60 Å². The largest absolute Gasteiger partial charge is 0.493 e. The Hall–Kier alpha value is -1.82. The van der Waals surface area contributed by atoms with Crippen LogP contribution in [0.3, 0.4) is 0 Å². The van der Waals surface area contributed by atoms with Gasteiger partial charge in [-0.25, -0.2) is 4.98 Å². The Morgan fingerprint density at radius 1 is 1.32 bits per heavy atom. The molecule has 0 aliphatic heterocycles. The molecule has 19 heavy (non-hydrogen) atoms. The molecule has 0 saturated heterocycles. The van der Waals surface area contributed by atoms with Crippen molar-refractivity contribution in [1.82, 2.24) is 9.55 Å². The second kappa shape index (κ2) is 5.88. The van der Waals surface area contributed by atoms with Gasteiger partial charge in [-0.1, -0.05) is 6.07 Å². The Labute approximate surface area is 119 Å². The van der Waals surface area contributed by atoms with E-state index in [0.717, 1.165) is 11.8 Å². The van der Waals surface area contributed by atoms with Gasteiger partial charge in [-0.3, -0.25) is 4.79 Å². The first-order chi connectivity index (χ1) is 9.17. The van der Waals surface area contributed by atoms with Crippen LogP contribution in [0.4, 0.5) is 0 Å². The molecule has 0 unspecified atom stereocenters. The normalized spacial score (nSPS) is 10.3. The summed E-state index contributed by atoms with van der Waals surface area (Å²) in [5.41, 5.74) is 0.991. The summed E-state index contributed by atoms with van der Waals surface area (Å²) in [6, 6.07) is 5.63. The molecule has 0 bridgehead atoms. The zero-order valence-electron chi connectivity index (χ0n) is 10.6. The molecule has 2 rings (SSSR count). The van der Waals surface area contributed by atoms with Crippen molar-refractivity contribution >= 4 is 22.2 Å². The van der Waals surface area contributed by atoms with Crippen molar-refractivity contribution in [3.05, 3.63) is 40.4 Å². The van der Waals surface area contributed by atoms with Gasteiger partial charge < -0.3 is 14.0 Å². The molecule has 100 valence electrons. The van der Waals surface area contributed by atoms with Gasteiger partial charge in [-0.2, -0.15) is 0 Å². The smallest absolute Gasteiger partial charge is 0.185 e. The lowest BCUT2D eigenvalue weighted by Gasteiger charge is -2.10. The maximum atomic E-state index is 10.9. The van der Waals surface area contributed by atoms with Gasteiger partial charge >= 0.3 is 0 Å². The van der Waals surface area contributed by atoms with Crippen molar-refractivity contribution in [3.8, 4) is 11.5 Å². The van der Waals surface area contributed by atoms with Crippen molar-refractivity contribution < 1.29 is 14.3 Å². The number of benzene rings is 1. The van der Waals surface area contributed by atoms with Crippen LogP contribution in [0, 0.1) is 0 Å². The Bertz CT molecular complexity index is 596. The molecule has 0 fully saturated rings.